The average Bonchev–Trinajstić information content (AvgIpc) is 2.87. The van der Waals surface area contributed by atoms with Gasteiger partial charge < -0.3 is 9.47 Å². The van der Waals surface area contributed by atoms with E-state index in [2.05, 4.69) is 21.6 Å². The van der Waals surface area contributed by atoms with Crippen LogP contribution in [0.3, 0.4) is 0 Å². The number of pyridine rings is 1. The zero-order valence-corrected chi connectivity index (χ0v) is 17.6. The van der Waals surface area contributed by atoms with Crippen molar-refractivity contribution in [3.05, 3.63) is 102 Å². The maximum absolute atomic E-state index is 12.1. The number of fused-ring (bicyclic) bond motifs is 1. The number of nitrogens with zero attached hydrogens (tertiary/aromatic N) is 3. The Hall–Kier alpha value is -4.70. The first-order valence-electron chi connectivity index (χ1n) is 10.2. The van der Waals surface area contributed by atoms with E-state index in [-0.39, 0.29) is 12.5 Å². The van der Waals surface area contributed by atoms with Crippen LogP contribution in [0.4, 0.5) is 0 Å². The second-order valence-corrected chi connectivity index (χ2v) is 7.04. The molecule has 0 atom stereocenters. The SMILES string of the molecule is N#Cc1ccccc1COc1ccc(/C=N\NC(=O)COc2cccc3cccnc23)cc1. The minimum absolute atomic E-state index is 0.177. The fraction of sp³-hybridized carbons (Fsp3) is 0.0769. The first-order chi connectivity index (χ1) is 16.2. The van der Waals surface area contributed by atoms with Gasteiger partial charge in [0.15, 0.2) is 6.61 Å². The lowest BCUT2D eigenvalue weighted by atomic mass is 10.1. The summed E-state index contributed by atoms with van der Waals surface area (Å²) in [5.41, 5.74) is 5.36. The van der Waals surface area contributed by atoms with Crippen molar-refractivity contribution >= 4 is 23.0 Å². The van der Waals surface area contributed by atoms with Crippen molar-refractivity contribution in [3.63, 3.8) is 0 Å². The van der Waals surface area contributed by atoms with Gasteiger partial charge in [0.2, 0.25) is 0 Å². The number of ether oxygens (including phenoxy) is 2. The second-order valence-electron chi connectivity index (χ2n) is 7.04. The van der Waals surface area contributed by atoms with Crippen LogP contribution < -0.4 is 14.9 Å². The average molecular weight is 436 g/mol. The number of hydrazone groups is 1. The predicted octanol–water partition coefficient (Wildman–Crippen LogP) is 4.21. The van der Waals surface area contributed by atoms with E-state index in [4.69, 9.17) is 14.7 Å². The molecule has 0 bridgehead atoms. The maximum atomic E-state index is 12.1. The van der Waals surface area contributed by atoms with E-state index in [0.717, 1.165) is 16.5 Å². The molecule has 0 saturated heterocycles. The summed E-state index contributed by atoms with van der Waals surface area (Å²) in [5, 5.41) is 14.1. The molecule has 0 aliphatic heterocycles. The molecule has 4 rings (SSSR count). The molecule has 0 radical (unpaired) electrons. The molecule has 1 heterocycles. The van der Waals surface area contributed by atoms with Gasteiger partial charge in [-0.25, -0.2) is 5.43 Å². The lowest BCUT2D eigenvalue weighted by Crippen LogP contribution is -2.24. The number of carbonyl (C=O) groups is 1. The number of benzene rings is 3. The van der Waals surface area contributed by atoms with Crippen molar-refractivity contribution in [2.45, 2.75) is 6.61 Å². The molecule has 4 aromatic rings. The Labute approximate surface area is 190 Å². The molecular weight excluding hydrogens is 416 g/mol. The number of carbonyl (C=O) groups excluding carboxylic acids is 1. The molecule has 7 heteroatoms. The molecule has 0 saturated carbocycles. The van der Waals surface area contributed by atoms with Crippen LogP contribution in [0.1, 0.15) is 16.7 Å². The van der Waals surface area contributed by atoms with Crippen LogP contribution in [0.15, 0.2) is 90.2 Å². The zero-order valence-electron chi connectivity index (χ0n) is 17.6. The molecule has 7 nitrogen and oxygen atoms in total. The molecule has 1 amide bonds. The van der Waals surface area contributed by atoms with E-state index in [1.807, 2.05) is 54.6 Å². The summed E-state index contributed by atoms with van der Waals surface area (Å²) in [4.78, 5) is 16.4. The van der Waals surface area contributed by atoms with Gasteiger partial charge in [0.05, 0.1) is 17.8 Å². The number of hydrogen-bond donors (Lipinski definition) is 1. The molecule has 0 spiro atoms. The topological polar surface area (TPSA) is 96.6 Å². The second kappa shape index (κ2) is 10.6. The highest BCUT2D eigenvalue weighted by Crippen LogP contribution is 2.22. The lowest BCUT2D eigenvalue weighted by Gasteiger charge is -2.08. The zero-order chi connectivity index (χ0) is 22.9. The van der Waals surface area contributed by atoms with Gasteiger partial charge >= 0.3 is 0 Å². The Morgan fingerprint density at radius 3 is 2.67 bits per heavy atom. The fourth-order valence-electron chi connectivity index (χ4n) is 3.11. The van der Waals surface area contributed by atoms with Crippen molar-refractivity contribution < 1.29 is 14.3 Å². The number of amides is 1. The van der Waals surface area contributed by atoms with Crippen molar-refractivity contribution in [2.24, 2.45) is 5.10 Å². The number of hydrogen-bond acceptors (Lipinski definition) is 6. The summed E-state index contributed by atoms with van der Waals surface area (Å²) in [6, 6.07) is 26.0. The molecular formula is C26H20N4O3. The van der Waals surface area contributed by atoms with Gasteiger partial charge in [-0.15, -0.1) is 0 Å². The molecule has 1 aromatic heterocycles. The van der Waals surface area contributed by atoms with E-state index in [0.29, 0.717) is 29.2 Å². The lowest BCUT2D eigenvalue weighted by molar-refractivity contribution is -0.123. The molecule has 0 aliphatic rings. The minimum atomic E-state index is -0.379. The number of aromatic nitrogens is 1. The third-order valence-corrected chi connectivity index (χ3v) is 4.77. The normalized spacial score (nSPS) is 10.6. The van der Waals surface area contributed by atoms with Gasteiger partial charge in [0.25, 0.3) is 5.91 Å². The monoisotopic (exact) mass is 436 g/mol. The summed E-state index contributed by atoms with van der Waals surface area (Å²) in [5.74, 6) is 0.830. The van der Waals surface area contributed by atoms with Gasteiger partial charge in [-0.05, 0) is 48.0 Å². The molecule has 0 fully saturated rings. The smallest absolute Gasteiger partial charge is 0.277 e. The van der Waals surface area contributed by atoms with E-state index >= 15 is 0 Å². The third-order valence-electron chi connectivity index (χ3n) is 4.77. The molecule has 0 unspecified atom stereocenters. The van der Waals surface area contributed by atoms with Crippen LogP contribution in [0, 0.1) is 11.3 Å². The van der Waals surface area contributed by atoms with E-state index in [9.17, 15) is 4.79 Å². The first kappa shape index (κ1) is 21.5. The van der Waals surface area contributed by atoms with E-state index in [1.165, 1.54) is 6.21 Å². The highest BCUT2D eigenvalue weighted by Gasteiger charge is 2.06. The Kier molecular flexibility index (Phi) is 6.88. The Morgan fingerprint density at radius 2 is 1.82 bits per heavy atom. The van der Waals surface area contributed by atoms with Crippen LogP contribution in [-0.4, -0.2) is 23.7 Å². The van der Waals surface area contributed by atoms with Gasteiger partial charge in [-0.3, -0.25) is 9.78 Å². The number of nitriles is 1. The molecule has 162 valence electrons. The van der Waals surface area contributed by atoms with Crippen molar-refractivity contribution in [1.82, 2.24) is 10.4 Å². The Morgan fingerprint density at radius 1 is 1.00 bits per heavy atom. The minimum Gasteiger partial charge on any atom is -0.489 e. The largest absolute Gasteiger partial charge is 0.489 e. The number of para-hydroxylation sites is 1. The molecule has 33 heavy (non-hydrogen) atoms. The van der Waals surface area contributed by atoms with Crippen molar-refractivity contribution in [2.75, 3.05) is 6.61 Å². The molecule has 0 aliphatic carbocycles. The first-order valence-corrected chi connectivity index (χ1v) is 10.2. The summed E-state index contributed by atoms with van der Waals surface area (Å²) < 4.78 is 11.3. The van der Waals surface area contributed by atoms with Crippen LogP contribution in [0.5, 0.6) is 11.5 Å². The van der Waals surface area contributed by atoms with Gasteiger partial charge in [-0.2, -0.15) is 10.4 Å². The Balaban J connectivity index is 1.26. The highest BCUT2D eigenvalue weighted by molar-refractivity contribution is 5.85. The standard InChI is InChI=1S/C26H20N4O3/c27-15-21-5-1-2-6-22(21)17-32-23-12-10-19(11-13-23)16-29-30-25(31)18-33-24-9-3-7-20-8-4-14-28-26(20)24/h1-14,16H,17-18H2,(H,30,31)/b29-16-. The van der Waals surface area contributed by atoms with E-state index < -0.39 is 0 Å². The summed E-state index contributed by atoms with van der Waals surface area (Å²) in [6.45, 7) is 0.128. The van der Waals surface area contributed by atoms with Gasteiger partial charge in [0, 0.05) is 17.1 Å². The fourth-order valence-corrected chi connectivity index (χ4v) is 3.11. The summed E-state index contributed by atoms with van der Waals surface area (Å²) in [7, 11) is 0. The summed E-state index contributed by atoms with van der Waals surface area (Å²) >= 11 is 0. The van der Waals surface area contributed by atoms with E-state index in [1.54, 1.807) is 30.5 Å². The van der Waals surface area contributed by atoms with Crippen LogP contribution >= 0.6 is 0 Å². The quantitative estimate of drug-likeness (QED) is 0.330. The molecule has 1 N–H and O–H groups in total. The summed E-state index contributed by atoms with van der Waals surface area (Å²) in [6.07, 6.45) is 3.22. The van der Waals surface area contributed by atoms with Crippen molar-refractivity contribution in [3.8, 4) is 17.6 Å². The molecule has 3 aromatic carbocycles. The number of rotatable bonds is 8. The van der Waals surface area contributed by atoms with Gasteiger partial charge in [-0.1, -0.05) is 36.4 Å². The number of nitrogens with one attached hydrogen (secondary N) is 1. The highest BCUT2D eigenvalue weighted by atomic mass is 16.5. The van der Waals surface area contributed by atoms with Crippen LogP contribution in [-0.2, 0) is 11.4 Å². The van der Waals surface area contributed by atoms with Gasteiger partial charge in [0.1, 0.15) is 23.6 Å². The Bertz CT molecular complexity index is 1320. The predicted molar refractivity (Wildman–Crippen MR) is 125 cm³/mol. The third kappa shape index (κ3) is 5.71. The van der Waals surface area contributed by atoms with Crippen LogP contribution in [0.2, 0.25) is 0 Å². The van der Waals surface area contributed by atoms with Crippen LogP contribution in [0.25, 0.3) is 10.9 Å². The van der Waals surface area contributed by atoms with Crippen molar-refractivity contribution in [1.29, 1.82) is 5.26 Å². The maximum Gasteiger partial charge on any atom is 0.277 e.